The number of thiazole rings is 1. The van der Waals surface area contributed by atoms with Gasteiger partial charge in [0.2, 0.25) is 0 Å². The average molecular weight is 579 g/mol. The third kappa shape index (κ3) is 4.29. The predicted octanol–water partition coefficient (Wildman–Crippen LogP) is 4.38. The smallest absolute Gasteiger partial charge is 0.320 e. The fourth-order valence-electron chi connectivity index (χ4n) is 7.34. The molecule has 0 saturated carbocycles. The largest absolute Gasteiger partial charge is 0.461 e. The summed E-state index contributed by atoms with van der Waals surface area (Å²) < 4.78 is 35.8. The molecule has 2 unspecified atom stereocenters. The Balaban J connectivity index is 1.21. The van der Waals surface area contributed by atoms with Crippen LogP contribution in [0.4, 0.5) is 19.7 Å². The lowest BCUT2D eigenvalue weighted by molar-refractivity contribution is 0.107. The maximum atomic E-state index is 14.6. The van der Waals surface area contributed by atoms with Gasteiger partial charge in [0.15, 0.2) is 10.8 Å². The van der Waals surface area contributed by atoms with E-state index in [4.69, 9.17) is 19.7 Å². The van der Waals surface area contributed by atoms with Crippen molar-refractivity contribution in [1.29, 1.82) is 0 Å². The van der Waals surface area contributed by atoms with E-state index in [9.17, 15) is 8.78 Å². The number of fused-ring (bicyclic) bond motifs is 5. The number of aromatic nitrogens is 4. The molecular weight excluding hydrogens is 546 g/mol. The van der Waals surface area contributed by atoms with Crippen molar-refractivity contribution in [3.05, 3.63) is 30.1 Å². The van der Waals surface area contributed by atoms with Gasteiger partial charge in [-0.15, -0.1) is 0 Å². The third-order valence-electron chi connectivity index (χ3n) is 9.25. The number of halogens is 2. The van der Waals surface area contributed by atoms with E-state index in [0.29, 0.717) is 58.3 Å². The predicted molar refractivity (Wildman–Crippen MR) is 156 cm³/mol. The monoisotopic (exact) mass is 578 g/mol. The summed E-state index contributed by atoms with van der Waals surface area (Å²) in [5, 5.41) is 8.19. The van der Waals surface area contributed by atoms with Crippen molar-refractivity contribution in [1.82, 2.24) is 30.2 Å². The van der Waals surface area contributed by atoms with Crippen LogP contribution in [0.2, 0.25) is 0 Å². The molecule has 41 heavy (non-hydrogen) atoms. The minimum absolute atomic E-state index is 0.266. The number of pyridine rings is 1. The van der Waals surface area contributed by atoms with Crippen LogP contribution in [-0.2, 0) is 0 Å². The highest BCUT2D eigenvalue weighted by atomic mass is 32.1. The molecule has 3 aromatic heterocycles. The Morgan fingerprint density at radius 2 is 1.95 bits per heavy atom. The molecule has 9 nitrogen and oxygen atoms in total. The highest BCUT2D eigenvalue weighted by Gasteiger charge is 2.49. The van der Waals surface area contributed by atoms with Crippen LogP contribution in [0, 0.1) is 5.82 Å². The van der Waals surface area contributed by atoms with E-state index in [0.717, 1.165) is 62.1 Å². The molecule has 4 aliphatic rings. The summed E-state index contributed by atoms with van der Waals surface area (Å²) in [6.45, 7) is 3.44. The van der Waals surface area contributed by atoms with Crippen molar-refractivity contribution in [3.8, 4) is 17.3 Å². The molecular formula is C29H32F2N8OS. The molecule has 8 rings (SSSR count). The number of rotatable bonds is 6. The van der Waals surface area contributed by atoms with Gasteiger partial charge in [-0.1, -0.05) is 11.3 Å². The van der Waals surface area contributed by atoms with E-state index >= 15 is 0 Å². The SMILES string of the molecule is CNc1nc2c(-c3ccc4c(N5CC6CCC(C5)N6)nc(OC[C@@]56CCCN5C[C@H](F)C6)nc4n3)ccc(F)c2s1. The minimum Gasteiger partial charge on any atom is -0.461 e. The number of nitrogens with one attached hydrogen (secondary N) is 2. The number of nitrogens with zero attached hydrogens (tertiary/aromatic N) is 6. The molecule has 2 bridgehead atoms. The first-order valence-corrected chi connectivity index (χ1v) is 15.3. The Morgan fingerprint density at radius 1 is 1.10 bits per heavy atom. The molecule has 2 N–H and O–H groups in total. The molecule has 4 saturated heterocycles. The Morgan fingerprint density at radius 3 is 2.78 bits per heavy atom. The molecule has 214 valence electrons. The first-order chi connectivity index (χ1) is 20.0. The molecule has 0 aliphatic carbocycles. The van der Waals surface area contributed by atoms with E-state index in [1.165, 1.54) is 17.4 Å². The van der Waals surface area contributed by atoms with E-state index in [1.807, 2.05) is 12.1 Å². The first kappa shape index (κ1) is 25.5. The van der Waals surface area contributed by atoms with Crippen LogP contribution >= 0.6 is 11.3 Å². The summed E-state index contributed by atoms with van der Waals surface area (Å²) in [5.74, 6) is 0.508. The molecule has 7 heterocycles. The van der Waals surface area contributed by atoms with E-state index in [2.05, 4.69) is 25.4 Å². The van der Waals surface area contributed by atoms with Gasteiger partial charge in [0.05, 0.1) is 26.8 Å². The van der Waals surface area contributed by atoms with E-state index < -0.39 is 6.17 Å². The van der Waals surface area contributed by atoms with Crippen molar-refractivity contribution in [3.63, 3.8) is 0 Å². The second-order valence-electron chi connectivity index (χ2n) is 11.8. The average Bonchev–Trinajstić information content (AvgIpc) is 3.73. The maximum absolute atomic E-state index is 14.6. The van der Waals surface area contributed by atoms with Crippen LogP contribution in [0.3, 0.4) is 0 Å². The number of ether oxygens (including phenoxy) is 1. The van der Waals surface area contributed by atoms with Gasteiger partial charge < -0.3 is 20.3 Å². The second kappa shape index (κ2) is 9.67. The zero-order chi connectivity index (χ0) is 27.7. The van der Waals surface area contributed by atoms with Gasteiger partial charge >= 0.3 is 6.01 Å². The highest BCUT2D eigenvalue weighted by molar-refractivity contribution is 7.22. The number of alkyl halides is 1. The molecule has 0 amide bonds. The maximum Gasteiger partial charge on any atom is 0.320 e. The van der Waals surface area contributed by atoms with Crippen LogP contribution in [0.15, 0.2) is 24.3 Å². The summed E-state index contributed by atoms with van der Waals surface area (Å²) in [7, 11) is 1.77. The summed E-state index contributed by atoms with van der Waals surface area (Å²) in [6.07, 6.45) is 3.93. The second-order valence-corrected chi connectivity index (χ2v) is 12.8. The van der Waals surface area contributed by atoms with Gasteiger partial charge in [-0.2, -0.15) is 9.97 Å². The van der Waals surface area contributed by atoms with Gasteiger partial charge in [0, 0.05) is 50.7 Å². The number of benzene rings is 1. The molecule has 1 aromatic carbocycles. The molecule has 0 spiro atoms. The normalized spacial score (nSPS) is 27.7. The molecule has 4 fully saturated rings. The fourth-order valence-corrected chi connectivity index (χ4v) is 8.19. The lowest BCUT2D eigenvalue weighted by Crippen LogP contribution is -2.51. The summed E-state index contributed by atoms with van der Waals surface area (Å²) in [4.78, 5) is 23.8. The van der Waals surface area contributed by atoms with Crippen molar-refractivity contribution < 1.29 is 13.5 Å². The molecule has 4 aliphatic heterocycles. The lowest BCUT2D eigenvalue weighted by Gasteiger charge is -2.34. The van der Waals surface area contributed by atoms with Crippen molar-refractivity contribution in [2.45, 2.75) is 55.9 Å². The lowest BCUT2D eigenvalue weighted by atomic mass is 9.95. The van der Waals surface area contributed by atoms with Gasteiger partial charge in [-0.05, 0) is 56.5 Å². The molecule has 12 heteroatoms. The topological polar surface area (TPSA) is 91.3 Å². The minimum atomic E-state index is -0.825. The van der Waals surface area contributed by atoms with Crippen LogP contribution in [0.5, 0.6) is 6.01 Å². The number of piperazine rings is 1. The van der Waals surface area contributed by atoms with Crippen LogP contribution in [0.1, 0.15) is 32.1 Å². The summed E-state index contributed by atoms with van der Waals surface area (Å²) in [5.41, 5.74) is 2.19. The van der Waals surface area contributed by atoms with Crippen LogP contribution in [-0.4, -0.2) is 88.5 Å². The van der Waals surface area contributed by atoms with Gasteiger partial charge in [0.1, 0.15) is 24.4 Å². The molecule has 4 aromatic rings. The fraction of sp³-hybridized carbons (Fsp3) is 0.517. The Bertz CT molecular complexity index is 1640. The van der Waals surface area contributed by atoms with Gasteiger partial charge in [0.25, 0.3) is 0 Å². The van der Waals surface area contributed by atoms with E-state index in [1.54, 1.807) is 13.1 Å². The zero-order valence-electron chi connectivity index (χ0n) is 22.9. The Kier molecular flexibility index (Phi) is 6.01. The standard InChI is InChI=1S/C29H32F2N8OS/c1-32-28-35-23-19(5-7-21(31)24(23)41-28)22-8-6-20-25(34-22)36-27(37-26(20)38-13-17-3-4-18(14-38)33-17)40-15-29-9-2-10-39(29)12-16(30)11-29/h5-8,16-18,33H,2-4,9-15H2,1H3,(H,32,35)/t16-,17?,18?,29+/m1/s1. The number of hydrogen-bond donors (Lipinski definition) is 2. The Labute approximate surface area is 240 Å². The van der Waals surface area contributed by atoms with Crippen LogP contribution in [0.25, 0.3) is 32.5 Å². The highest BCUT2D eigenvalue weighted by Crippen LogP contribution is 2.41. The van der Waals surface area contributed by atoms with Gasteiger partial charge in [-0.25, -0.2) is 18.7 Å². The summed E-state index contributed by atoms with van der Waals surface area (Å²) >= 11 is 1.28. The molecule has 0 radical (unpaired) electrons. The zero-order valence-corrected chi connectivity index (χ0v) is 23.7. The van der Waals surface area contributed by atoms with E-state index in [-0.39, 0.29) is 17.4 Å². The number of anilines is 2. The van der Waals surface area contributed by atoms with Crippen molar-refractivity contribution in [2.75, 3.05) is 50.1 Å². The number of hydrogen-bond acceptors (Lipinski definition) is 10. The molecule has 4 atom stereocenters. The van der Waals surface area contributed by atoms with Crippen LogP contribution < -0.4 is 20.3 Å². The Hall–Kier alpha value is -3.22. The first-order valence-electron chi connectivity index (χ1n) is 14.5. The third-order valence-corrected chi connectivity index (χ3v) is 10.3. The summed E-state index contributed by atoms with van der Waals surface area (Å²) in [6, 6.07) is 8.25. The van der Waals surface area contributed by atoms with Crippen molar-refractivity contribution >= 4 is 43.5 Å². The van der Waals surface area contributed by atoms with Gasteiger partial charge in [-0.3, -0.25) is 4.90 Å². The van der Waals surface area contributed by atoms with Crippen molar-refractivity contribution in [2.24, 2.45) is 0 Å². The quantitative estimate of drug-likeness (QED) is 0.346.